The van der Waals surface area contributed by atoms with Gasteiger partial charge in [-0.3, -0.25) is 0 Å². The maximum atomic E-state index is 9.42. The lowest BCUT2D eigenvalue weighted by molar-refractivity contribution is 0.169. The van der Waals surface area contributed by atoms with Gasteiger partial charge >= 0.3 is 0 Å². The van der Waals surface area contributed by atoms with E-state index in [1.807, 2.05) is 6.92 Å². The molecule has 1 aromatic rings. The molecule has 14 heavy (non-hydrogen) atoms. The van der Waals surface area contributed by atoms with Crippen molar-refractivity contribution >= 4 is 11.5 Å². The summed E-state index contributed by atoms with van der Waals surface area (Å²) in [5.74, 6) is 0.706. The quantitative estimate of drug-likeness (QED) is 0.676. The minimum atomic E-state index is -0.400. The van der Waals surface area contributed by atoms with Crippen LogP contribution in [0.25, 0.3) is 0 Å². The second-order valence-electron chi connectivity index (χ2n) is 3.37. The lowest BCUT2D eigenvalue weighted by Gasteiger charge is -2.20. The SMILES string of the molecule is CCC(Nc1cc(N)ccn1)C(C)O. The Morgan fingerprint density at radius 1 is 1.64 bits per heavy atom. The molecule has 0 bridgehead atoms. The van der Waals surface area contributed by atoms with Crippen molar-refractivity contribution in [2.45, 2.75) is 32.4 Å². The summed E-state index contributed by atoms with van der Waals surface area (Å²) >= 11 is 0. The molecule has 1 aromatic heterocycles. The first-order valence-electron chi connectivity index (χ1n) is 4.79. The Balaban J connectivity index is 2.67. The zero-order valence-electron chi connectivity index (χ0n) is 8.57. The van der Waals surface area contributed by atoms with Gasteiger partial charge in [-0.25, -0.2) is 4.98 Å². The zero-order valence-corrected chi connectivity index (χ0v) is 8.57. The molecular weight excluding hydrogens is 178 g/mol. The zero-order chi connectivity index (χ0) is 10.6. The summed E-state index contributed by atoms with van der Waals surface area (Å²) in [5.41, 5.74) is 6.28. The number of aromatic nitrogens is 1. The first kappa shape index (κ1) is 10.8. The fourth-order valence-corrected chi connectivity index (χ4v) is 1.28. The van der Waals surface area contributed by atoms with Crippen molar-refractivity contribution in [3.8, 4) is 0 Å². The van der Waals surface area contributed by atoms with Gasteiger partial charge in [0.1, 0.15) is 5.82 Å². The highest BCUT2D eigenvalue weighted by Crippen LogP contribution is 2.11. The Hall–Kier alpha value is -1.29. The smallest absolute Gasteiger partial charge is 0.128 e. The summed E-state index contributed by atoms with van der Waals surface area (Å²) in [6.07, 6.45) is 2.09. The summed E-state index contributed by atoms with van der Waals surface area (Å²) in [4.78, 5) is 4.11. The number of aliphatic hydroxyl groups is 1. The molecule has 0 aliphatic heterocycles. The van der Waals surface area contributed by atoms with Crippen molar-refractivity contribution in [1.29, 1.82) is 0 Å². The number of hydrogen-bond donors (Lipinski definition) is 3. The maximum absolute atomic E-state index is 9.42. The van der Waals surface area contributed by atoms with Crippen LogP contribution in [0.5, 0.6) is 0 Å². The van der Waals surface area contributed by atoms with E-state index in [1.165, 1.54) is 0 Å². The van der Waals surface area contributed by atoms with Crippen LogP contribution in [0.4, 0.5) is 11.5 Å². The third-order valence-electron chi connectivity index (χ3n) is 2.14. The molecule has 0 fully saturated rings. The van der Waals surface area contributed by atoms with E-state index in [0.29, 0.717) is 11.5 Å². The van der Waals surface area contributed by atoms with Gasteiger partial charge < -0.3 is 16.2 Å². The van der Waals surface area contributed by atoms with Gasteiger partial charge in [-0.15, -0.1) is 0 Å². The fourth-order valence-electron chi connectivity index (χ4n) is 1.28. The number of rotatable bonds is 4. The van der Waals surface area contributed by atoms with Crippen LogP contribution in [0.2, 0.25) is 0 Å². The van der Waals surface area contributed by atoms with Gasteiger partial charge in [0.05, 0.1) is 12.1 Å². The first-order valence-corrected chi connectivity index (χ1v) is 4.79. The second-order valence-corrected chi connectivity index (χ2v) is 3.37. The van der Waals surface area contributed by atoms with E-state index in [9.17, 15) is 5.11 Å². The van der Waals surface area contributed by atoms with Crippen LogP contribution in [0.15, 0.2) is 18.3 Å². The normalized spacial score (nSPS) is 14.8. The molecule has 0 saturated carbocycles. The fraction of sp³-hybridized carbons (Fsp3) is 0.500. The number of nitrogens with zero attached hydrogens (tertiary/aromatic N) is 1. The Labute approximate surface area is 84.2 Å². The van der Waals surface area contributed by atoms with Gasteiger partial charge in [0.25, 0.3) is 0 Å². The Morgan fingerprint density at radius 2 is 2.36 bits per heavy atom. The van der Waals surface area contributed by atoms with Gasteiger partial charge in [-0.2, -0.15) is 0 Å². The van der Waals surface area contributed by atoms with Crippen LogP contribution < -0.4 is 11.1 Å². The molecule has 4 N–H and O–H groups in total. The molecule has 78 valence electrons. The highest BCUT2D eigenvalue weighted by Gasteiger charge is 2.12. The third kappa shape index (κ3) is 2.88. The highest BCUT2D eigenvalue weighted by molar-refractivity contribution is 5.48. The van der Waals surface area contributed by atoms with Gasteiger partial charge in [0.15, 0.2) is 0 Å². The van der Waals surface area contributed by atoms with Crippen molar-refractivity contribution in [2.75, 3.05) is 11.1 Å². The number of nitrogen functional groups attached to an aromatic ring is 1. The molecule has 4 nitrogen and oxygen atoms in total. The Morgan fingerprint density at radius 3 is 2.86 bits per heavy atom. The van der Waals surface area contributed by atoms with Gasteiger partial charge in [0.2, 0.25) is 0 Å². The van der Waals surface area contributed by atoms with Crippen molar-refractivity contribution in [3.05, 3.63) is 18.3 Å². The first-order chi connectivity index (χ1) is 6.63. The maximum Gasteiger partial charge on any atom is 0.128 e. The summed E-state index contributed by atoms with van der Waals surface area (Å²) in [6, 6.07) is 3.50. The number of anilines is 2. The molecule has 0 aliphatic carbocycles. The van der Waals surface area contributed by atoms with Crippen molar-refractivity contribution in [3.63, 3.8) is 0 Å². The molecule has 0 saturated heterocycles. The molecule has 1 heterocycles. The molecule has 4 heteroatoms. The standard InChI is InChI=1S/C10H17N3O/c1-3-9(7(2)14)13-10-6-8(11)4-5-12-10/h4-7,9,14H,3H2,1-2H3,(H3,11,12,13). The molecule has 0 radical (unpaired) electrons. The van der Waals surface area contributed by atoms with E-state index >= 15 is 0 Å². The van der Waals surface area contributed by atoms with Crippen LogP contribution in [-0.4, -0.2) is 22.2 Å². The average molecular weight is 195 g/mol. The number of hydrogen-bond acceptors (Lipinski definition) is 4. The van der Waals surface area contributed by atoms with Crippen LogP contribution >= 0.6 is 0 Å². The predicted octanol–water partition coefficient (Wildman–Crippen LogP) is 1.24. The van der Waals surface area contributed by atoms with Crippen molar-refractivity contribution in [2.24, 2.45) is 0 Å². The van der Waals surface area contributed by atoms with Gasteiger partial charge in [-0.1, -0.05) is 6.92 Å². The van der Waals surface area contributed by atoms with E-state index in [4.69, 9.17) is 5.73 Å². The van der Waals surface area contributed by atoms with Crippen LogP contribution in [0, 0.1) is 0 Å². The number of pyridine rings is 1. The summed E-state index contributed by atoms with van der Waals surface area (Å²) in [5, 5.41) is 12.5. The molecule has 0 aromatic carbocycles. The van der Waals surface area contributed by atoms with E-state index in [1.54, 1.807) is 25.3 Å². The monoisotopic (exact) mass is 195 g/mol. The topological polar surface area (TPSA) is 71.2 Å². The molecular formula is C10H17N3O. The molecule has 0 spiro atoms. The molecule has 0 amide bonds. The lowest BCUT2D eigenvalue weighted by Crippen LogP contribution is -2.30. The van der Waals surface area contributed by atoms with Crippen LogP contribution in [-0.2, 0) is 0 Å². The highest BCUT2D eigenvalue weighted by atomic mass is 16.3. The number of nitrogens with one attached hydrogen (secondary N) is 1. The van der Waals surface area contributed by atoms with E-state index < -0.39 is 6.10 Å². The largest absolute Gasteiger partial charge is 0.399 e. The van der Waals surface area contributed by atoms with Gasteiger partial charge in [-0.05, 0) is 19.4 Å². The second kappa shape index (κ2) is 4.81. The minimum Gasteiger partial charge on any atom is -0.399 e. The van der Waals surface area contributed by atoms with E-state index in [2.05, 4.69) is 10.3 Å². The Kier molecular flexibility index (Phi) is 3.71. The van der Waals surface area contributed by atoms with Crippen molar-refractivity contribution in [1.82, 2.24) is 4.98 Å². The number of aliphatic hydroxyl groups excluding tert-OH is 1. The molecule has 2 unspecified atom stereocenters. The minimum absolute atomic E-state index is 0.0179. The number of nitrogens with two attached hydrogens (primary N) is 1. The van der Waals surface area contributed by atoms with Crippen LogP contribution in [0.1, 0.15) is 20.3 Å². The molecule has 1 rings (SSSR count). The summed E-state index contributed by atoms with van der Waals surface area (Å²) < 4.78 is 0. The van der Waals surface area contributed by atoms with E-state index in [-0.39, 0.29) is 6.04 Å². The average Bonchev–Trinajstić information content (AvgIpc) is 2.14. The molecule has 0 aliphatic rings. The van der Waals surface area contributed by atoms with E-state index in [0.717, 1.165) is 6.42 Å². The summed E-state index contributed by atoms with van der Waals surface area (Å²) in [7, 11) is 0. The van der Waals surface area contributed by atoms with Gasteiger partial charge in [0, 0.05) is 18.0 Å². The summed E-state index contributed by atoms with van der Waals surface area (Å²) in [6.45, 7) is 3.77. The van der Waals surface area contributed by atoms with Crippen LogP contribution in [0.3, 0.4) is 0 Å². The Bertz CT molecular complexity index is 288. The molecule has 2 atom stereocenters. The third-order valence-corrected chi connectivity index (χ3v) is 2.14. The lowest BCUT2D eigenvalue weighted by atomic mass is 10.1. The van der Waals surface area contributed by atoms with Crippen molar-refractivity contribution < 1.29 is 5.11 Å². The predicted molar refractivity (Wildman–Crippen MR) is 58.0 cm³/mol.